The summed E-state index contributed by atoms with van der Waals surface area (Å²) in [5, 5.41) is 0. The van der Waals surface area contributed by atoms with Crippen molar-refractivity contribution in [1.29, 1.82) is 0 Å². The lowest BCUT2D eigenvalue weighted by Crippen LogP contribution is -2.56. The Hall–Kier alpha value is -0.650. The topological polar surface area (TPSA) is 61.6 Å². The molecular weight excluding hydrogens is 228 g/mol. The van der Waals surface area contributed by atoms with Crippen LogP contribution >= 0.6 is 0 Å². The molecule has 2 aliphatic heterocycles. The Morgan fingerprint density at radius 2 is 2.22 bits per heavy atom. The Kier molecular flexibility index (Phi) is 4.97. The lowest BCUT2D eigenvalue weighted by atomic mass is 9.98. The van der Waals surface area contributed by atoms with Gasteiger partial charge in [0.1, 0.15) is 0 Å². The summed E-state index contributed by atoms with van der Waals surface area (Å²) in [7, 11) is 0. The number of hydrazine groups is 1. The number of amides is 1. The van der Waals surface area contributed by atoms with Crippen LogP contribution in [0, 0.1) is 0 Å². The summed E-state index contributed by atoms with van der Waals surface area (Å²) in [6.07, 6.45) is 5.51. The summed E-state index contributed by atoms with van der Waals surface area (Å²) in [5.41, 5.74) is 2.20. The monoisotopic (exact) mass is 254 g/mol. The second-order valence-corrected chi connectivity index (χ2v) is 5.64. The van der Waals surface area contributed by atoms with E-state index in [1.54, 1.807) is 0 Å². The van der Waals surface area contributed by atoms with Crippen LogP contribution in [-0.2, 0) is 4.79 Å². The van der Waals surface area contributed by atoms with Gasteiger partial charge in [0.05, 0.1) is 0 Å². The number of nitrogens with one attached hydrogen (secondary N) is 1. The van der Waals surface area contributed by atoms with Crippen LogP contribution in [0.15, 0.2) is 0 Å². The maximum absolute atomic E-state index is 11.2. The Balaban J connectivity index is 1.77. The van der Waals surface area contributed by atoms with Crippen molar-refractivity contribution < 1.29 is 4.79 Å². The Morgan fingerprint density at radius 1 is 1.39 bits per heavy atom. The highest BCUT2D eigenvalue weighted by molar-refractivity contribution is 5.75. The first kappa shape index (κ1) is 13.8. The molecule has 2 aliphatic rings. The van der Waals surface area contributed by atoms with Crippen molar-refractivity contribution in [2.24, 2.45) is 5.84 Å². The number of nitrogens with zero attached hydrogens (tertiary/aromatic N) is 2. The molecule has 0 radical (unpaired) electrons. The molecule has 0 saturated carbocycles. The van der Waals surface area contributed by atoms with Crippen molar-refractivity contribution in [2.75, 3.05) is 26.2 Å². The van der Waals surface area contributed by atoms with Crippen LogP contribution < -0.4 is 11.3 Å². The van der Waals surface area contributed by atoms with Crippen molar-refractivity contribution in [3.05, 3.63) is 0 Å². The minimum atomic E-state index is -0.0573. The number of nitrogens with two attached hydrogens (primary N) is 1. The molecule has 3 N–H and O–H groups in total. The molecule has 2 heterocycles. The molecule has 2 unspecified atom stereocenters. The van der Waals surface area contributed by atoms with E-state index in [-0.39, 0.29) is 5.91 Å². The summed E-state index contributed by atoms with van der Waals surface area (Å²) in [6, 6.07) is 1.23. The highest BCUT2D eigenvalue weighted by Gasteiger charge is 2.30. The molecule has 0 aromatic rings. The first-order valence-electron chi connectivity index (χ1n) is 7.18. The highest BCUT2D eigenvalue weighted by Crippen LogP contribution is 2.22. The van der Waals surface area contributed by atoms with Gasteiger partial charge in [0.15, 0.2) is 0 Å². The average Bonchev–Trinajstić information content (AvgIpc) is 2.43. The largest absolute Gasteiger partial charge is 0.298 e. The van der Waals surface area contributed by atoms with E-state index in [4.69, 9.17) is 5.84 Å². The smallest absolute Gasteiger partial charge is 0.233 e. The van der Waals surface area contributed by atoms with Gasteiger partial charge in [-0.3, -0.25) is 20.0 Å². The van der Waals surface area contributed by atoms with Gasteiger partial charge in [0.25, 0.3) is 0 Å². The molecule has 5 heteroatoms. The first-order valence-corrected chi connectivity index (χ1v) is 7.18. The van der Waals surface area contributed by atoms with E-state index in [0.717, 1.165) is 19.0 Å². The van der Waals surface area contributed by atoms with Crippen LogP contribution in [0.4, 0.5) is 0 Å². The van der Waals surface area contributed by atoms with Gasteiger partial charge in [-0.25, -0.2) is 5.84 Å². The van der Waals surface area contributed by atoms with Gasteiger partial charge in [-0.2, -0.15) is 0 Å². The second kappa shape index (κ2) is 6.50. The van der Waals surface area contributed by atoms with Crippen molar-refractivity contribution in [2.45, 2.75) is 51.1 Å². The molecule has 2 atom stereocenters. The molecule has 2 rings (SSSR count). The molecule has 0 aromatic carbocycles. The summed E-state index contributed by atoms with van der Waals surface area (Å²) in [5.74, 6) is 5.05. The minimum Gasteiger partial charge on any atom is -0.298 e. The van der Waals surface area contributed by atoms with Gasteiger partial charge in [0.2, 0.25) is 5.91 Å². The van der Waals surface area contributed by atoms with E-state index in [1.165, 1.54) is 38.9 Å². The molecule has 18 heavy (non-hydrogen) atoms. The Bertz CT molecular complexity index is 284. The SMILES string of the molecule is CC(CCC(=O)NN)N1CCN2CCCCC2C1. The zero-order chi connectivity index (χ0) is 13.0. The predicted octanol–water partition coefficient (Wildman–Crippen LogP) is 0.315. The number of carbonyl (C=O) groups excluding carboxylic acids is 1. The van der Waals surface area contributed by atoms with Crippen molar-refractivity contribution in [1.82, 2.24) is 15.2 Å². The van der Waals surface area contributed by atoms with Gasteiger partial charge in [0, 0.05) is 38.1 Å². The van der Waals surface area contributed by atoms with E-state index >= 15 is 0 Å². The lowest BCUT2D eigenvalue weighted by Gasteiger charge is -2.46. The quantitative estimate of drug-likeness (QED) is 0.431. The number of piperidine rings is 1. The van der Waals surface area contributed by atoms with Crippen LogP contribution in [0.1, 0.15) is 39.0 Å². The maximum atomic E-state index is 11.2. The molecule has 1 amide bonds. The normalized spacial score (nSPS) is 27.6. The fraction of sp³-hybridized carbons (Fsp3) is 0.923. The van der Waals surface area contributed by atoms with Gasteiger partial charge in [-0.15, -0.1) is 0 Å². The number of carbonyl (C=O) groups is 1. The number of fused-ring (bicyclic) bond motifs is 1. The van der Waals surface area contributed by atoms with Crippen LogP contribution in [0.3, 0.4) is 0 Å². The van der Waals surface area contributed by atoms with E-state index in [2.05, 4.69) is 22.1 Å². The molecule has 2 fully saturated rings. The number of piperazine rings is 1. The van der Waals surface area contributed by atoms with Gasteiger partial charge >= 0.3 is 0 Å². The van der Waals surface area contributed by atoms with Crippen LogP contribution in [0.25, 0.3) is 0 Å². The average molecular weight is 254 g/mol. The van der Waals surface area contributed by atoms with Crippen molar-refractivity contribution >= 4 is 5.91 Å². The van der Waals surface area contributed by atoms with E-state index in [9.17, 15) is 4.79 Å². The zero-order valence-electron chi connectivity index (χ0n) is 11.4. The van der Waals surface area contributed by atoms with Crippen molar-refractivity contribution in [3.63, 3.8) is 0 Å². The number of rotatable bonds is 4. The van der Waals surface area contributed by atoms with Gasteiger partial charge in [-0.05, 0) is 32.7 Å². The van der Waals surface area contributed by atoms with Gasteiger partial charge in [-0.1, -0.05) is 6.42 Å². The van der Waals surface area contributed by atoms with Crippen LogP contribution in [0.5, 0.6) is 0 Å². The van der Waals surface area contributed by atoms with Crippen LogP contribution in [-0.4, -0.2) is 54.0 Å². The third kappa shape index (κ3) is 3.43. The summed E-state index contributed by atoms with van der Waals surface area (Å²) >= 11 is 0. The molecule has 0 bridgehead atoms. The Morgan fingerprint density at radius 3 is 3.00 bits per heavy atom. The van der Waals surface area contributed by atoms with E-state index in [1.807, 2.05) is 0 Å². The fourth-order valence-electron chi connectivity index (χ4n) is 3.18. The maximum Gasteiger partial charge on any atom is 0.233 e. The fourth-order valence-corrected chi connectivity index (χ4v) is 3.18. The minimum absolute atomic E-state index is 0.0573. The van der Waals surface area contributed by atoms with E-state index in [0.29, 0.717) is 12.5 Å². The standard InChI is InChI=1S/C13H26N4O/c1-11(5-6-13(18)15-14)17-9-8-16-7-3-2-4-12(16)10-17/h11-12H,2-10,14H2,1H3,(H,15,18). The van der Waals surface area contributed by atoms with Crippen LogP contribution in [0.2, 0.25) is 0 Å². The number of hydrogen-bond donors (Lipinski definition) is 2. The lowest BCUT2D eigenvalue weighted by molar-refractivity contribution is -0.121. The van der Waals surface area contributed by atoms with Gasteiger partial charge < -0.3 is 0 Å². The molecule has 104 valence electrons. The summed E-state index contributed by atoms with van der Waals surface area (Å²) < 4.78 is 0. The van der Waals surface area contributed by atoms with Crippen molar-refractivity contribution in [3.8, 4) is 0 Å². The summed E-state index contributed by atoms with van der Waals surface area (Å²) in [4.78, 5) is 16.3. The first-order chi connectivity index (χ1) is 8.70. The Labute approximate surface area is 110 Å². The van der Waals surface area contributed by atoms with E-state index < -0.39 is 0 Å². The molecule has 5 nitrogen and oxygen atoms in total. The molecular formula is C13H26N4O. The zero-order valence-corrected chi connectivity index (χ0v) is 11.4. The molecule has 0 spiro atoms. The molecule has 0 aromatic heterocycles. The second-order valence-electron chi connectivity index (χ2n) is 5.64. The molecule has 2 saturated heterocycles. The third-order valence-electron chi connectivity index (χ3n) is 4.44. The predicted molar refractivity (Wildman–Crippen MR) is 71.8 cm³/mol. The molecule has 0 aliphatic carbocycles. The summed E-state index contributed by atoms with van der Waals surface area (Å²) in [6.45, 7) is 7.01. The third-order valence-corrected chi connectivity index (χ3v) is 4.44. The number of hydrogen-bond acceptors (Lipinski definition) is 4. The highest BCUT2D eigenvalue weighted by atomic mass is 16.2.